The highest BCUT2D eigenvalue weighted by Crippen LogP contribution is 2.27. The van der Waals surface area contributed by atoms with Gasteiger partial charge in [0, 0.05) is 17.2 Å². The van der Waals surface area contributed by atoms with E-state index in [1.54, 1.807) is 24.3 Å². The van der Waals surface area contributed by atoms with Crippen LogP contribution >= 0.6 is 0 Å². The normalized spacial score (nSPS) is 17.1. The third kappa shape index (κ3) is 4.06. The van der Waals surface area contributed by atoms with Crippen LogP contribution in [0.15, 0.2) is 24.3 Å². The molecule has 1 aromatic rings. The molecule has 0 spiro atoms. The topological polar surface area (TPSA) is 63.2 Å². The van der Waals surface area contributed by atoms with Crippen LogP contribution in [0.3, 0.4) is 0 Å². The first-order valence-corrected chi connectivity index (χ1v) is 8.47. The lowest BCUT2D eigenvalue weighted by Gasteiger charge is -2.20. The van der Waals surface area contributed by atoms with Crippen LogP contribution in [0.5, 0.6) is 0 Å². The Kier molecular flexibility index (Phi) is 4.24. The Morgan fingerprint density at radius 3 is 2.21 bits per heavy atom. The van der Waals surface area contributed by atoms with Gasteiger partial charge in [0.25, 0.3) is 0 Å². The molecule has 0 atom stereocenters. The van der Waals surface area contributed by atoms with Crippen LogP contribution < -0.4 is 4.72 Å². The monoisotopic (exact) mass is 281 g/mol. The number of anilines is 1. The van der Waals surface area contributed by atoms with E-state index in [-0.39, 0.29) is 11.7 Å². The van der Waals surface area contributed by atoms with Crippen molar-refractivity contribution in [1.82, 2.24) is 0 Å². The first-order valence-electron chi connectivity index (χ1n) is 6.58. The van der Waals surface area contributed by atoms with Crippen LogP contribution in [-0.4, -0.2) is 20.5 Å². The van der Waals surface area contributed by atoms with Gasteiger partial charge in [0.2, 0.25) is 10.0 Å². The van der Waals surface area contributed by atoms with Crippen LogP contribution in [-0.2, 0) is 10.0 Å². The number of ketones is 1. The fourth-order valence-electron chi connectivity index (χ4n) is 2.52. The number of hydrogen-bond acceptors (Lipinski definition) is 3. The van der Waals surface area contributed by atoms with Crippen LogP contribution in [0, 0.1) is 5.92 Å². The third-order valence-corrected chi connectivity index (χ3v) is 4.06. The molecule has 0 heterocycles. The second kappa shape index (κ2) is 5.74. The molecule has 1 N–H and O–H groups in total. The SMILES string of the molecule is CS(=O)(=O)Nc1ccc(C(=O)C2CCCCC2)cc1. The number of hydrogen-bond donors (Lipinski definition) is 1. The summed E-state index contributed by atoms with van der Waals surface area (Å²) in [5.74, 6) is 0.327. The van der Waals surface area contributed by atoms with E-state index in [0.29, 0.717) is 11.3 Å². The molecule has 0 unspecified atom stereocenters. The standard InChI is InChI=1S/C14H19NO3S/c1-19(17,18)15-13-9-7-12(8-10-13)14(16)11-5-3-2-4-6-11/h7-11,15H,2-6H2,1H3. The molecule has 1 aliphatic carbocycles. The van der Waals surface area contributed by atoms with Gasteiger partial charge in [-0.3, -0.25) is 9.52 Å². The van der Waals surface area contributed by atoms with Gasteiger partial charge in [-0.05, 0) is 37.1 Å². The van der Waals surface area contributed by atoms with Crippen molar-refractivity contribution >= 4 is 21.5 Å². The van der Waals surface area contributed by atoms with Gasteiger partial charge in [0.1, 0.15) is 0 Å². The minimum Gasteiger partial charge on any atom is -0.294 e. The highest BCUT2D eigenvalue weighted by molar-refractivity contribution is 7.92. The second-order valence-corrected chi connectivity index (χ2v) is 6.90. The minimum atomic E-state index is -3.27. The summed E-state index contributed by atoms with van der Waals surface area (Å²) < 4.78 is 24.6. The van der Waals surface area contributed by atoms with Crippen molar-refractivity contribution in [3.05, 3.63) is 29.8 Å². The Bertz CT molecular complexity index is 543. The lowest BCUT2D eigenvalue weighted by atomic mass is 9.84. The molecule has 0 bridgehead atoms. The van der Waals surface area contributed by atoms with E-state index in [4.69, 9.17) is 0 Å². The molecular formula is C14H19NO3S. The van der Waals surface area contributed by atoms with Gasteiger partial charge >= 0.3 is 0 Å². The highest BCUT2D eigenvalue weighted by Gasteiger charge is 2.22. The highest BCUT2D eigenvalue weighted by atomic mass is 32.2. The van der Waals surface area contributed by atoms with Crippen molar-refractivity contribution in [2.24, 2.45) is 5.92 Å². The molecule has 0 radical (unpaired) electrons. The van der Waals surface area contributed by atoms with E-state index in [1.807, 2.05) is 0 Å². The zero-order valence-electron chi connectivity index (χ0n) is 11.1. The van der Waals surface area contributed by atoms with Crippen molar-refractivity contribution in [3.63, 3.8) is 0 Å². The van der Waals surface area contributed by atoms with E-state index >= 15 is 0 Å². The summed E-state index contributed by atoms with van der Waals surface area (Å²) in [7, 11) is -3.27. The van der Waals surface area contributed by atoms with Crippen molar-refractivity contribution in [2.45, 2.75) is 32.1 Å². The Labute approximate surface area is 114 Å². The number of nitrogens with one attached hydrogen (secondary N) is 1. The van der Waals surface area contributed by atoms with Gasteiger partial charge in [-0.1, -0.05) is 19.3 Å². The predicted molar refractivity (Wildman–Crippen MR) is 75.8 cm³/mol. The molecule has 0 amide bonds. The number of Topliss-reactive ketones (excluding diaryl/α,β-unsaturated/α-hetero) is 1. The van der Waals surface area contributed by atoms with Crippen molar-refractivity contribution in [2.75, 3.05) is 11.0 Å². The van der Waals surface area contributed by atoms with Gasteiger partial charge in [-0.15, -0.1) is 0 Å². The third-order valence-electron chi connectivity index (χ3n) is 3.45. The first kappa shape index (κ1) is 14.1. The van der Waals surface area contributed by atoms with Crippen molar-refractivity contribution in [1.29, 1.82) is 0 Å². The average Bonchev–Trinajstić information content (AvgIpc) is 2.38. The molecule has 104 valence electrons. The van der Waals surface area contributed by atoms with E-state index in [2.05, 4.69) is 4.72 Å². The van der Waals surface area contributed by atoms with Gasteiger partial charge in [-0.25, -0.2) is 8.42 Å². The second-order valence-electron chi connectivity index (χ2n) is 5.15. The summed E-state index contributed by atoms with van der Waals surface area (Å²) in [6.45, 7) is 0. The quantitative estimate of drug-likeness (QED) is 0.863. The molecule has 0 saturated heterocycles. The Hall–Kier alpha value is -1.36. The van der Waals surface area contributed by atoms with Gasteiger partial charge in [0.15, 0.2) is 5.78 Å². The Morgan fingerprint density at radius 2 is 1.68 bits per heavy atom. The molecule has 2 rings (SSSR count). The summed E-state index contributed by atoms with van der Waals surface area (Å²) in [5.41, 5.74) is 1.16. The van der Waals surface area contributed by atoms with Gasteiger partial charge in [0.05, 0.1) is 6.26 Å². The maximum Gasteiger partial charge on any atom is 0.229 e. The van der Waals surface area contributed by atoms with Gasteiger partial charge in [-0.2, -0.15) is 0 Å². The number of benzene rings is 1. The van der Waals surface area contributed by atoms with Crippen LogP contribution in [0.2, 0.25) is 0 Å². The molecule has 5 heteroatoms. The number of rotatable bonds is 4. The number of carbonyl (C=O) groups is 1. The fourth-order valence-corrected chi connectivity index (χ4v) is 3.08. The lowest BCUT2D eigenvalue weighted by molar-refractivity contribution is 0.0889. The number of carbonyl (C=O) groups excluding carboxylic acids is 1. The summed E-state index contributed by atoms with van der Waals surface area (Å²) in [6, 6.07) is 6.67. The number of sulfonamides is 1. The van der Waals surface area contributed by atoms with E-state index in [1.165, 1.54) is 6.42 Å². The first-order chi connectivity index (χ1) is 8.96. The predicted octanol–water partition coefficient (Wildman–Crippen LogP) is 2.82. The van der Waals surface area contributed by atoms with E-state index in [0.717, 1.165) is 31.9 Å². The maximum atomic E-state index is 12.3. The average molecular weight is 281 g/mol. The largest absolute Gasteiger partial charge is 0.294 e. The summed E-state index contributed by atoms with van der Waals surface area (Å²) in [6.07, 6.45) is 6.54. The molecule has 0 aliphatic heterocycles. The van der Waals surface area contributed by atoms with Crippen LogP contribution in [0.4, 0.5) is 5.69 Å². The zero-order chi connectivity index (χ0) is 13.9. The Morgan fingerprint density at radius 1 is 1.11 bits per heavy atom. The smallest absolute Gasteiger partial charge is 0.229 e. The Balaban J connectivity index is 2.07. The zero-order valence-corrected chi connectivity index (χ0v) is 11.9. The minimum absolute atomic E-state index is 0.141. The summed E-state index contributed by atoms with van der Waals surface area (Å²) in [4.78, 5) is 12.3. The van der Waals surface area contributed by atoms with Crippen LogP contribution in [0.1, 0.15) is 42.5 Å². The van der Waals surface area contributed by atoms with E-state index in [9.17, 15) is 13.2 Å². The molecule has 19 heavy (non-hydrogen) atoms. The molecule has 4 nitrogen and oxygen atoms in total. The van der Waals surface area contributed by atoms with Crippen molar-refractivity contribution in [3.8, 4) is 0 Å². The molecule has 1 aliphatic rings. The molecule has 1 fully saturated rings. The van der Waals surface area contributed by atoms with Gasteiger partial charge < -0.3 is 0 Å². The molecule has 1 saturated carbocycles. The molecular weight excluding hydrogens is 262 g/mol. The van der Waals surface area contributed by atoms with E-state index < -0.39 is 10.0 Å². The summed E-state index contributed by atoms with van der Waals surface area (Å²) >= 11 is 0. The molecule has 1 aromatic carbocycles. The molecule has 0 aromatic heterocycles. The maximum absolute atomic E-state index is 12.3. The fraction of sp³-hybridized carbons (Fsp3) is 0.500. The lowest BCUT2D eigenvalue weighted by Crippen LogP contribution is -2.18. The summed E-state index contributed by atoms with van der Waals surface area (Å²) in [5, 5.41) is 0. The van der Waals surface area contributed by atoms with Crippen LogP contribution in [0.25, 0.3) is 0 Å². The van der Waals surface area contributed by atoms with Crippen molar-refractivity contribution < 1.29 is 13.2 Å².